The summed E-state index contributed by atoms with van der Waals surface area (Å²) in [6.45, 7) is 2.06. The Bertz CT molecular complexity index is 939. The molecule has 0 saturated heterocycles. The van der Waals surface area contributed by atoms with E-state index in [1.54, 1.807) is 0 Å². The highest BCUT2D eigenvalue weighted by Gasteiger charge is 2.34. The van der Waals surface area contributed by atoms with E-state index in [1.165, 1.54) is 41.2 Å². The molecule has 30 heavy (non-hydrogen) atoms. The van der Waals surface area contributed by atoms with Crippen molar-refractivity contribution in [1.29, 1.82) is 0 Å². The standard InChI is InChI=1S/C26H28F4/c1-2-3-4-5-17-6-11-22-20(14-17)7-8-21-15-18(9-12-23(21)22)19-10-13-24(25(27)16-19)26(28,29)30/h2-3,7-8,10,13,16-18H,4-6,9,11-12,14-15H2,1H3. The molecule has 2 unspecified atom stereocenters. The smallest absolute Gasteiger partial charge is 0.206 e. The highest BCUT2D eigenvalue weighted by Crippen LogP contribution is 2.40. The summed E-state index contributed by atoms with van der Waals surface area (Å²) >= 11 is 0. The molecule has 0 heterocycles. The van der Waals surface area contributed by atoms with Crippen LogP contribution in [0.3, 0.4) is 0 Å². The number of hydrogen-bond donors (Lipinski definition) is 0. The second-order valence-corrected chi connectivity index (χ2v) is 8.77. The van der Waals surface area contributed by atoms with Gasteiger partial charge in [0.05, 0.1) is 5.56 Å². The van der Waals surface area contributed by atoms with Crippen LogP contribution in [0.25, 0.3) is 0 Å². The Morgan fingerprint density at radius 1 is 0.967 bits per heavy atom. The van der Waals surface area contributed by atoms with E-state index in [0.29, 0.717) is 5.56 Å². The van der Waals surface area contributed by atoms with Gasteiger partial charge in [-0.05, 0) is 110 Å². The Hall–Kier alpha value is -2.10. The Balaban J connectivity index is 1.50. The second-order valence-electron chi connectivity index (χ2n) is 8.77. The highest BCUT2D eigenvalue weighted by atomic mass is 19.4. The van der Waals surface area contributed by atoms with E-state index >= 15 is 0 Å². The molecule has 2 aliphatic carbocycles. The van der Waals surface area contributed by atoms with Crippen molar-refractivity contribution in [1.82, 2.24) is 0 Å². The largest absolute Gasteiger partial charge is 0.419 e. The van der Waals surface area contributed by atoms with Gasteiger partial charge in [0.15, 0.2) is 0 Å². The third-order valence-corrected chi connectivity index (χ3v) is 6.89. The van der Waals surface area contributed by atoms with Gasteiger partial charge >= 0.3 is 6.18 Å². The predicted octanol–water partition coefficient (Wildman–Crippen LogP) is 7.58. The lowest BCUT2D eigenvalue weighted by Gasteiger charge is -2.32. The maximum atomic E-state index is 14.0. The van der Waals surface area contributed by atoms with Gasteiger partial charge in [0.2, 0.25) is 0 Å². The fourth-order valence-electron chi connectivity index (χ4n) is 5.29. The van der Waals surface area contributed by atoms with Crippen LogP contribution in [-0.2, 0) is 31.9 Å². The van der Waals surface area contributed by atoms with Gasteiger partial charge in [-0.2, -0.15) is 13.2 Å². The molecule has 2 aromatic carbocycles. The first kappa shape index (κ1) is 21.1. The average Bonchev–Trinajstić information content (AvgIpc) is 2.72. The summed E-state index contributed by atoms with van der Waals surface area (Å²) in [6.07, 6.45) is 8.16. The molecule has 4 rings (SSSR count). The molecule has 0 nitrogen and oxygen atoms in total. The van der Waals surface area contributed by atoms with Crippen LogP contribution in [0.5, 0.6) is 0 Å². The molecule has 0 spiro atoms. The van der Waals surface area contributed by atoms with E-state index in [1.807, 2.05) is 0 Å². The summed E-state index contributed by atoms with van der Waals surface area (Å²) in [6, 6.07) is 7.89. The summed E-state index contributed by atoms with van der Waals surface area (Å²) in [7, 11) is 0. The Kier molecular flexibility index (Phi) is 6.04. The van der Waals surface area contributed by atoms with E-state index < -0.39 is 17.6 Å². The van der Waals surface area contributed by atoms with Crippen LogP contribution in [0, 0.1) is 11.7 Å². The van der Waals surface area contributed by atoms with Crippen LogP contribution in [-0.4, -0.2) is 0 Å². The lowest BCUT2D eigenvalue weighted by molar-refractivity contribution is -0.140. The van der Waals surface area contributed by atoms with Crippen LogP contribution in [0.4, 0.5) is 17.6 Å². The van der Waals surface area contributed by atoms with Crippen molar-refractivity contribution in [2.45, 2.75) is 70.4 Å². The van der Waals surface area contributed by atoms with Gasteiger partial charge in [0.1, 0.15) is 5.82 Å². The molecule has 160 valence electrons. The summed E-state index contributed by atoms with van der Waals surface area (Å²) < 4.78 is 52.6. The molecule has 0 fully saturated rings. The Morgan fingerprint density at radius 3 is 2.33 bits per heavy atom. The molecular weight excluding hydrogens is 388 g/mol. The summed E-state index contributed by atoms with van der Waals surface area (Å²) in [5, 5.41) is 0. The minimum atomic E-state index is -4.65. The van der Waals surface area contributed by atoms with Crippen molar-refractivity contribution in [3.8, 4) is 0 Å². The zero-order chi connectivity index (χ0) is 21.3. The molecule has 0 aromatic heterocycles. The Labute approximate surface area is 176 Å². The number of allylic oxidation sites excluding steroid dienone is 2. The molecule has 4 heteroatoms. The minimum absolute atomic E-state index is 0.0736. The lowest BCUT2D eigenvalue weighted by atomic mass is 9.73. The minimum Gasteiger partial charge on any atom is -0.206 e. The van der Waals surface area contributed by atoms with E-state index in [-0.39, 0.29) is 5.92 Å². The predicted molar refractivity (Wildman–Crippen MR) is 112 cm³/mol. The third-order valence-electron chi connectivity index (χ3n) is 6.89. The third kappa shape index (κ3) is 4.33. The van der Waals surface area contributed by atoms with E-state index in [9.17, 15) is 17.6 Å². The van der Waals surface area contributed by atoms with Crippen molar-refractivity contribution in [3.63, 3.8) is 0 Å². The van der Waals surface area contributed by atoms with Gasteiger partial charge < -0.3 is 0 Å². The molecule has 0 saturated carbocycles. The highest BCUT2D eigenvalue weighted by molar-refractivity contribution is 5.45. The van der Waals surface area contributed by atoms with E-state index in [0.717, 1.165) is 56.6 Å². The number of fused-ring (bicyclic) bond motifs is 3. The van der Waals surface area contributed by atoms with Crippen LogP contribution in [0.15, 0.2) is 42.5 Å². The Morgan fingerprint density at radius 2 is 1.67 bits per heavy atom. The maximum absolute atomic E-state index is 14.0. The van der Waals surface area contributed by atoms with Gasteiger partial charge in [-0.1, -0.05) is 30.4 Å². The molecule has 0 bridgehead atoms. The summed E-state index contributed by atoms with van der Waals surface area (Å²) in [5.41, 5.74) is 5.21. The number of hydrogen-bond acceptors (Lipinski definition) is 0. The van der Waals surface area contributed by atoms with Gasteiger partial charge in [0.25, 0.3) is 0 Å². The SMILES string of the molecule is CC=CCCC1CCc2c(ccc3c2CCC(c2ccc(C(F)(F)F)c(F)c2)C3)C1. The molecule has 0 amide bonds. The molecule has 2 aromatic rings. The molecule has 0 N–H and O–H groups in total. The van der Waals surface area contributed by atoms with E-state index in [4.69, 9.17) is 0 Å². The number of benzene rings is 2. The molecular formula is C26H28F4. The monoisotopic (exact) mass is 416 g/mol. The number of alkyl halides is 3. The number of rotatable bonds is 4. The van der Waals surface area contributed by atoms with Gasteiger partial charge in [0, 0.05) is 0 Å². The van der Waals surface area contributed by atoms with Crippen LogP contribution < -0.4 is 0 Å². The summed E-state index contributed by atoms with van der Waals surface area (Å²) in [5.74, 6) is -0.345. The first-order chi connectivity index (χ1) is 14.4. The normalized spacial score (nSPS) is 21.5. The van der Waals surface area contributed by atoms with Crippen LogP contribution in [0.2, 0.25) is 0 Å². The van der Waals surface area contributed by atoms with Gasteiger partial charge in [-0.3, -0.25) is 0 Å². The summed E-state index contributed by atoms with van der Waals surface area (Å²) in [4.78, 5) is 0. The van der Waals surface area contributed by atoms with Crippen LogP contribution in [0.1, 0.15) is 71.9 Å². The van der Waals surface area contributed by atoms with Gasteiger partial charge in [-0.25, -0.2) is 4.39 Å². The fraction of sp³-hybridized carbons (Fsp3) is 0.462. The van der Waals surface area contributed by atoms with Crippen molar-refractivity contribution >= 4 is 0 Å². The molecule has 0 radical (unpaired) electrons. The topological polar surface area (TPSA) is 0 Å². The van der Waals surface area contributed by atoms with Gasteiger partial charge in [-0.15, -0.1) is 0 Å². The first-order valence-corrected chi connectivity index (χ1v) is 11.0. The van der Waals surface area contributed by atoms with Crippen molar-refractivity contribution < 1.29 is 17.6 Å². The zero-order valence-electron chi connectivity index (χ0n) is 17.4. The first-order valence-electron chi connectivity index (χ1n) is 11.0. The maximum Gasteiger partial charge on any atom is 0.419 e. The quantitative estimate of drug-likeness (QED) is 0.356. The molecule has 0 aliphatic heterocycles. The molecule has 2 aliphatic rings. The van der Waals surface area contributed by atoms with Crippen molar-refractivity contribution in [3.05, 3.63) is 81.7 Å². The number of halogens is 4. The van der Waals surface area contributed by atoms with Crippen molar-refractivity contribution in [2.75, 3.05) is 0 Å². The fourth-order valence-corrected chi connectivity index (χ4v) is 5.29. The average molecular weight is 417 g/mol. The zero-order valence-corrected chi connectivity index (χ0v) is 17.4. The lowest BCUT2D eigenvalue weighted by Crippen LogP contribution is -2.21. The second kappa shape index (κ2) is 8.56. The molecule has 2 atom stereocenters. The van der Waals surface area contributed by atoms with Crippen LogP contribution >= 0.6 is 0 Å². The van der Waals surface area contributed by atoms with E-state index in [2.05, 4.69) is 31.2 Å². The van der Waals surface area contributed by atoms with Crippen molar-refractivity contribution in [2.24, 2.45) is 5.92 Å².